The van der Waals surface area contributed by atoms with Gasteiger partial charge in [-0.25, -0.2) is 13.6 Å². The van der Waals surface area contributed by atoms with E-state index in [-0.39, 0.29) is 17.2 Å². The van der Waals surface area contributed by atoms with E-state index in [1.54, 1.807) is 40.9 Å². The average molecular weight is 320 g/mol. The monoisotopic (exact) mass is 320 g/mol. The van der Waals surface area contributed by atoms with E-state index in [2.05, 4.69) is 5.32 Å². The van der Waals surface area contributed by atoms with Gasteiger partial charge in [0, 0.05) is 18.0 Å². The number of thioether (sulfide) groups is 1. The van der Waals surface area contributed by atoms with Gasteiger partial charge in [0.1, 0.15) is 17.0 Å². The van der Waals surface area contributed by atoms with Crippen molar-refractivity contribution in [2.45, 2.75) is 5.37 Å². The van der Waals surface area contributed by atoms with Crippen LogP contribution >= 0.6 is 11.8 Å². The molecule has 3 nitrogen and oxygen atoms in total. The van der Waals surface area contributed by atoms with Crippen molar-refractivity contribution in [3.63, 3.8) is 0 Å². The second kappa shape index (κ2) is 6.36. The SMILES string of the molecule is O=C(Nc1cccc(F)c1)N1CCS[C@H]1c1ccc(F)cc1. The third kappa shape index (κ3) is 3.22. The summed E-state index contributed by atoms with van der Waals surface area (Å²) in [6, 6.07) is 11.6. The van der Waals surface area contributed by atoms with Crippen molar-refractivity contribution in [2.75, 3.05) is 17.6 Å². The van der Waals surface area contributed by atoms with Gasteiger partial charge in [-0.1, -0.05) is 18.2 Å². The predicted octanol–water partition coefficient (Wildman–Crippen LogP) is 4.24. The highest BCUT2D eigenvalue weighted by Crippen LogP contribution is 2.38. The van der Waals surface area contributed by atoms with Gasteiger partial charge < -0.3 is 10.2 Å². The Morgan fingerprint density at radius 2 is 1.91 bits per heavy atom. The van der Waals surface area contributed by atoms with Gasteiger partial charge in [-0.05, 0) is 35.9 Å². The maximum atomic E-state index is 13.2. The molecule has 1 saturated heterocycles. The first-order valence-corrected chi connectivity index (χ1v) is 7.88. The number of carbonyl (C=O) groups excluding carboxylic acids is 1. The van der Waals surface area contributed by atoms with Crippen LogP contribution in [0.4, 0.5) is 19.3 Å². The normalized spacial score (nSPS) is 17.5. The molecule has 3 rings (SSSR count). The lowest BCUT2D eigenvalue weighted by Crippen LogP contribution is -2.34. The molecule has 0 saturated carbocycles. The Bertz CT molecular complexity index is 678. The summed E-state index contributed by atoms with van der Waals surface area (Å²) in [5.74, 6) is 0.102. The van der Waals surface area contributed by atoms with Crippen molar-refractivity contribution in [3.8, 4) is 0 Å². The first-order valence-electron chi connectivity index (χ1n) is 6.84. The summed E-state index contributed by atoms with van der Waals surface area (Å²) < 4.78 is 26.2. The first-order chi connectivity index (χ1) is 10.6. The number of urea groups is 1. The van der Waals surface area contributed by atoms with Crippen molar-refractivity contribution in [3.05, 3.63) is 65.7 Å². The molecule has 6 heteroatoms. The molecule has 2 aromatic rings. The minimum absolute atomic E-state index is 0.158. The van der Waals surface area contributed by atoms with Gasteiger partial charge in [-0.15, -0.1) is 11.8 Å². The standard InChI is InChI=1S/C16H14F2N2OS/c17-12-6-4-11(5-7-12)15-20(8-9-22-15)16(21)19-14-3-1-2-13(18)10-14/h1-7,10,15H,8-9H2,(H,19,21)/t15-/m0/s1. The van der Waals surface area contributed by atoms with Crippen molar-refractivity contribution < 1.29 is 13.6 Å². The zero-order valence-electron chi connectivity index (χ0n) is 11.6. The lowest BCUT2D eigenvalue weighted by molar-refractivity contribution is 0.214. The van der Waals surface area contributed by atoms with Crippen LogP contribution in [0.1, 0.15) is 10.9 Å². The summed E-state index contributed by atoms with van der Waals surface area (Å²) in [4.78, 5) is 14.1. The third-order valence-corrected chi connectivity index (χ3v) is 4.64. The van der Waals surface area contributed by atoms with E-state index in [9.17, 15) is 13.6 Å². The zero-order valence-corrected chi connectivity index (χ0v) is 12.4. The molecule has 1 fully saturated rings. The van der Waals surface area contributed by atoms with Crippen LogP contribution in [0.5, 0.6) is 0 Å². The van der Waals surface area contributed by atoms with Gasteiger partial charge >= 0.3 is 6.03 Å². The second-order valence-electron chi connectivity index (χ2n) is 4.91. The summed E-state index contributed by atoms with van der Waals surface area (Å²) in [5, 5.41) is 2.54. The summed E-state index contributed by atoms with van der Waals surface area (Å²) in [6.45, 7) is 0.591. The van der Waals surface area contributed by atoms with Gasteiger partial charge in [-0.3, -0.25) is 0 Å². The number of nitrogens with zero attached hydrogens (tertiary/aromatic N) is 1. The van der Waals surface area contributed by atoms with E-state index in [1.165, 1.54) is 24.3 Å². The van der Waals surface area contributed by atoms with E-state index in [0.29, 0.717) is 12.2 Å². The minimum Gasteiger partial charge on any atom is -0.308 e. The van der Waals surface area contributed by atoms with Crippen LogP contribution in [0.2, 0.25) is 0 Å². The number of carbonyl (C=O) groups is 1. The van der Waals surface area contributed by atoms with Gasteiger partial charge in [0.15, 0.2) is 0 Å². The Kier molecular flexibility index (Phi) is 4.29. The molecule has 114 valence electrons. The van der Waals surface area contributed by atoms with E-state index >= 15 is 0 Å². The Hall–Kier alpha value is -2.08. The van der Waals surface area contributed by atoms with Gasteiger partial charge in [0.2, 0.25) is 0 Å². The molecular weight excluding hydrogens is 306 g/mol. The first kappa shape index (κ1) is 14.8. The number of hydrogen-bond donors (Lipinski definition) is 1. The van der Waals surface area contributed by atoms with E-state index < -0.39 is 5.82 Å². The molecule has 2 amide bonds. The molecule has 0 unspecified atom stereocenters. The van der Waals surface area contributed by atoms with Crippen LogP contribution in [-0.2, 0) is 0 Å². The number of amides is 2. The van der Waals surface area contributed by atoms with Crippen LogP contribution in [0.15, 0.2) is 48.5 Å². The summed E-state index contributed by atoms with van der Waals surface area (Å²) in [5.41, 5.74) is 1.29. The third-order valence-electron chi connectivity index (χ3n) is 3.38. The van der Waals surface area contributed by atoms with Crippen molar-refractivity contribution in [1.29, 1.82) is 0 Å². The summed E-state index contributed by atoms with van der Waals surface area (Å²) in [7, 11) is 0. The average Bonchev–Trinajstić information content (AvgIpc) is 2.97. The molecule has 1 N–H and O–H groups in total. The molecule has 1 aliphatic rings. The van der Waals surface area contributed by atoms with Crippen molar-refractivity contribution in [2.24, 2.45) is 0 Å². The van der Waals surface area contributed by atoms with Crippen LogP contribution in [0.25, 0.3) is 0 Å². The lowest BCUT2D eigenvalue weighted by atomic mass is 10.2. The number of halogens is 2. The molecule has 0 aliphatic carbocycles. The molecule has 1 aliphatic heterocycles. The maximum absolute atomic E-state index is 13.2. The molecule has 0 radical (unpaired) electrons. The summed E-state index contributed by atoms with van der Waals surface area (Å²) >= 11 is 1.62. The lowest BCUT2D eigenvalue weighted by Gasteiger charge is -2.24. The Morgan fingerprint density at radius 1 is 1.14 bits per heavy atom. The largest absolute Gasteiger partial charge is 0.323 e. The van der Waals surface area contributed by atoms with Gasteiger partial charge in [0.25, 0.3) is 0 Å². The molecule has 22 heavy (non-hydrogen) atoms. The zero-order chi connectivity index (χ0) is 15.5. The van der Waals surface area contributed by atoms with Crippen LogP contribution in [0, 0.1) is 11.6 Å². The van der Waals surface area contributed by atoms with E-state index in [1.807, 2.05) is 0 Å². The van der Waals surface area contributed by atoms with E-state index in [4.69, 9.17) is 0 Å². The fraction of sp³-hybridized carbons (Fsp3) is 0.188. The molecule has 1 atom stereocenters. The van der Waals surface area contributed by atoms with Gasteiger partial charge in [-0.2, -0.15) is 0 Å². The maximum Gasteiger partial charge on any atom is 0.323 e. The molecule has 2 aromatic carbocycles. The molecule has 0 aromatic heterocycles. The second-order valence-corrected chi connectivity index (χ2v) is 6.10. The fourth-order valence-electron chi connectivity index (χ4n) is 2.34. The van der Waals surface area contributed by atoms with Crippen LogP contribution in [-0.4, -0.2) is 23.2 Å². The number of hydrogen-bond acceptors (Lipinski definition) is 2. The highest BCUT2D eigenvalue weighted by molar-refractivity contribution is 7.99. The fourth-order valence-corrected chi connectivity index (χ4v) is 3.60. The Labute approximate surface area is 131 Å². The number of nitrogens with one attached hydrogen (secondary N) is 1. The molecule has 1 heterocycles. The Balaban J connectivity index is 1.75. The topological polar surface area (TPSA) is 32.3 Å². The number of rotatable bonds is 2. The van der Waals surface area contributed by atoms with Gasteiger partial charge in [0.05, 0.1) is 0 Å². The number of benzene rings is 2. The molecule has 0 bridgehead atoms. The smallest absolute Gasteiger partial charge is 0.308 e. The van der Waals surface area contributed by atoms with Crippen molar-refractivity contribution in [1.82, 2.24) is 4.90 Å². The van der Waals surface area contributed by atoms with Crippen molar-refractivity contribution >= 4 is 23.5 Å². The molecule has 0 spiro atoms. The van der Waals surface area contributed by atoms with Crippen LogP contribution < -0.4 is 5.32 Å². The predicted molar refractivity (Wildman–Crippen MR) is 83.7 cm³/mol. The molecular formula is C16H14F2N2OS. The van der Waals surface area contributed by atoms with Crippen LogP contribution in [0.3, 0.4) is 0 Å². The quantitative estimate of drug-likeness (QED) is 0.897. The summed E-state index contributed by atoms with van der Waals surface area (Å²) in [6.07, 6.45) is 0. The minimum atomic E-state index is -0.399. The Morgan fingerprint density at radius 3 is 2.64 bits per heavy atom. The number of anilines is 1. The highest BCUT2D eigenvalue weighted by atomic mass is 32.2. The van der Waals surface area contributed by atoms with E-state index in [0.717, 1.165) is 11.3 Å². The highest BCUT2D eigenvalue weighted by Gasteiger charge is 2.30.